The van der Waals surface area contributed by atoms with Gasteiger partial charge in [0.25, 0.3) is 0 Å². The minimum Gasteiger partial charge on any atom is -0.496 e. The van der Waals surface area contributed by atoms with E-state index in [1.807, 2.05) is 12.1 Å². The molecule has 0 aromatic heterocycles. The Morgan fingerprint density at radius 2 is 2.12 bits per heavy atom. The lowest BCUT2D eigenvalue weighted by Gasteiger charge is -2.29. The Labute approximate surface area is 111 Å². The molecule has 3 nitrogen and oxygen atoms in total. The molecule has 1 saturated heterocycles. The van der Waals surface area contributed by atoms with Crippen LogP contribution >= 0.6 is 15.9 Å². The maximum atomic E-state index is 9.48. The number of aliphatic hydroxyl groups is 1. The average Bonchev–Trinajstić information content (AvgIpc) is 2.32. The van der Waals surface area contributed by atoms with E-state index in [9.17, 15) is 5.11 Å². The highest BCUT2D eigenvalue weighted by molar-refractivity contribution is 9.10. The Bertz CT molecular complexity index is 376. The predicted molar refractivity (Wildman–Crippen MR) is 71.2 cm³/mol. The third-order valence-corrected chi connectivity index (χ3v) is 3.69. The second-order valence-corrected chi connectivity index (χ2v) is 5.38. The van der Waals surface area contributed by atoms with E-state index in [1.165, 1.54) is 5.56 Å². The fourth-order valence-corrected chi connectivity index (χ4v) is 2.60. The summed E-state index contributed by atoms with van der Waals surface area (Å²) in [5.74, 6) is 0.930. The number of nitrogens with zero attached hydrogens (tertiary/aromatic N) is 1. The number of benzene rings is 1. The molecule has 94 valence electrons. The average molecular weight is 300 g/mol. The van der Waals surface area contributed by atoms with E-state index in [-0.39, 0.29) is 6.10 Å². The van der Waals surface area contributed by atoms with Crippen molar-refractivity contribution in [2.24, 2.45) is 0 Å². The number of likely N-dealkylation sites (tertiary alicyclic amines) is 1. The van der Waals surface area contributed by atoms with Gasteiger partial charge in [0.2, 0.25) is 0 Å². The Hall–Kier alpha value is -0.580. The number of piperidine rings is 1. The SMILES string of the molecule is COc1ccc(Br)cc1CN1CCC(O)CC1. The molecular formula is C13H18BrNO2. The van der Waals surface area contributed by atoms with Crippen molar-refractivity contribution in [1.29, 1.82) is 0 Å². The maximum Gasteiger partial charge on any atom is 0.123 e. The smallest absolute Gasteiger partial charge is 0.123 e. The van der Waals surface area contributed by atoms with Crippen LogP contribution in [0.25, 0.3) is 0 Å². The first-order valence-electron chi connectivity index (χ1n) is 5.92. The van der Waals surface area contributed by atoms with Crippen molar-refractivity contribution in [1.82, 2.24) is 4.90 Å². The highest BCUT2D eigenvalue weighted by Crippen LogP contribution is 2.25. The first kappa shape index (κ1) is 12.9. The van der Waals surface area contributed by atoms with Crippen molar-refractivity contribution in [3.63, 3.8) is 0 Å². The summed E-state index contributed by atoms with van der Waals surface area (Å²) in [6, 6.07) is 6.07. The molecule has 0 atom stereocenters. The van der Waals surface area contributed by atoms with E-state index in [1.54, 1.807) is 7.11 Å². The fraction of sp³-hybridized carbons (Fsp3) is 0.538. The molecule has 0 aliphatic carbocycles. The molecule has 1 aromatic rings. The van der Waals surface area contributed by atoms with Crippen molar-refractivity contribution in [2.45, 2.75) is 25.5 Å². The molecule has 17 heavy (non-hydrogen) atoms. The van der Waals surface area contributed by atoms with Crippen molar-refractivity contribution in [3.8, 4) is 5.75 Å². The van der Waals surface area contributed by atoms with Gasteiger partial charge in [0.1, 0.15) is 5.75 Å². The third kappa shape index (κ3) is 3.44. The van der Waals surface area contributed by atoms with E-state index in [2.05, 4.69) is 26.9 Å². The number of hydrogen-bond donors (Lipinski definition) is 1. The summed E-state index contributed by atoms with van der Waals surface area (Å²) in [4.78, 5) is 2.36. The van der Waals surface area contributed by atoms with Crippen LogP contribution in [-0.2, 0) is 6.54 Å². The Kier molecular flexibility index (Phi) is 4.42. The Balaban J connectivity index is 2.04. The summed E-state index contributed by atoms with van der Waals surface area (Å²) >= 11 is 3.49. The van der Waals surface area contributed by atoms with Gasteiger partial charge < -0.3 is 9.84 Å². The van der Waals surface area contributed by atoms with Crippen LogP contribution in [0.3, 0.4) is 0 Å². The Morgan fingerprint density at radius 1 is 1.41 bits per heavy atom. The van der Waals surface area contributed by atoms with Gasteiger partial charge in [-0.05, 0) is 31.0 Å². The largest absolute Gasteiger partial charge is 0.496 e. The highest BCUT2D eigenvalue weighted by atomic mass is 79.9. The first-order chi connectivity index (χ1) is 8.19. The molecule has 0 amide bonds. The van der Waals surface area contributed by atoms with Crippen LogP contribution in [-0.4, -0.2) is 36.3 Å². The van der Waals surface area contributed by atoms with Crippen LogP contribution in [0.15, 0.2) is 22.7 Å². The van der Waals surface area contributed by atoms with E-state index in [4.69, 9.17) is 4.74 Å². The lowest BCUT2D eigenvalue weighted by molar-refractivity contribution is 0.0789. The molecule has 0 radical (unpaired) electrons. The van der Waals surface area contributed by atoms with E-state index < -0.39 is 0 Å². The van der Waals surface area contributed by atoms with Crippen molar-refractivity contribution < 1.29 is 9.84 Å². The van der Waals surface area contributed by atoms with Crippen molar-refractivity contribution in [2.75, 3.05) is 20.2 Å². The molecule has 0 saturated carbocycles. The topological polar surface area (TPSA) is 32.7 Å². The number of hydrogen-bond acceptors (Lipinski definition) is 3. The third-order valence-electron chi connectivity index (χ3n) is 3.19. The summed E-state index contributed by atoms with van der Waals surface area (Å²) in [5.41, 5.74) is 1.19. The molecule has 1 fully saturated rings. The summed E-state index contributed by atoms with van der Waals surface area (Å²) in [6.45, 7) is 2.79. The zero-order chi connectivity index (χ0) is 12.3. The molecule has 0 spiro atoms. The van der Waals surface area contributed by atoms with E-state index in [0.717, 1.165) is 42.7 Å². The maximum absolute atomic E-state index is 9.48. The lowest BCUT2D eigenvalue weighted by Crippen LogP contribution is -2.35. The quantitative estimate of drug-likeness (QED) is 0.930. The normalized spacial score (nSPS) is 18.3. The van der Waals surface area contributed by atoms with Crippen LogP contribution in [0.4, 0.5) is 0 Å². The predicted octanol–water partition coefficient (Wildman–Crippen LogP) is 2.41. The van der Waals surface area contributed by atoms with Gasteiger partial charge >= 0.3 is 0 Å². The molecule has 1 heterocycles. The second kappa shape index (κ2) is 5.85. The summed E-state index contributed by atoms with van der Waals surface area (Å²) in [7, 11) is 1.70. The molecule has 1 aromatic carbocycles. The van der Waals surface area contributed by atoms with Gasteiger partial charge in [-0.1, -0.05) is 15.9 Å². The minimum absolute atomic E-state index is 0.115. The number of aliphatic hydroxyl groups excluding tert-OH is 1. The lowest BCUT2D eigenvalue weighted by atomic mass is 10.1. The van der Waals surface area contributed by atoms with Gasteiger partial charge in [0, 0.05) is 29.7 Å². The van der Waals surface area contributed by atoms with Crippen molar-refractivity contribution >= 4 is 15.9 Å². The second-order valence-electron chi connectivity index (χ2n) is 4.46. The first-order valence-corrected chi connectivity index (χ1v) is 6.71. The minimum atomic E-state index is -0.115. The summed E-state index contributed by atoms with van der Waals surface area (Å²) in [6.07, 6.45) is 1.63. The van der Waals surface area contributed by atoms with Gasteiger partial charge in [-0.2, -0.15) is 0 Å². The van der Waals surface area contributed by atoms with Gasteiger partial charge in [-0.25, -0.2) is 0 Å². The van der Waals surface area contributed by atoms with Crippen molar-refractivity contribution in [3.05, 3.63) is 28.2 Å². The molecule has 1 N–H and O–H groups in total. The zero-order valence-corrected chi connectivity index (χ0v) is 11.6. The van der Waals surface area contributed by atoms with Crippen LogP contribution in [0.2, 0.25) is 0 Å². The van der Waals surface area contributed by atoms with Crippen LogP contribution in [0, 0.1) is 0 Å². The molecular weight excluding hydrogens is 282 g/mol. The van der Waals surface area contributed by atoms with Gasteiger partial charge in [0.05, 0.1) is 13.2 Å². The van der Waals surface area contributed by atoms with Gasteiger partial charge in [0.15, 0.2) is 0 Å². The molecule has 1 aliphatic heterocycles. The summed E-state index contributed by atoms with van der Waals surface area (Å²) in [5, 5.41) is 9.48. The van der Waals surface area contributed by atoms with Crippen LogP contribution in [0.1, 0.15) is 18.4 Å². The molecule has 0 bridgehead atoms. The molecule has 0 unspecified atom stereocenters. The molecule has 1 aliphatic rings. The number of rotatable bonds is 3. The van der Waals surface area contributed by atoms with Crippen LogP contribution < -0.4 is 4.74 Å². The molecule has 4 heteroatoms. The summed E-state index contributed by atoms with van der Waals surface area (Å²) < 4.78 is 6.44. The highest BCUT2D eigenvalue weighted by Gasteiger charge is 2.18. The fourth-order valence-electron chi connectivity index (χ4n) is 2.19. The molecule has 2 rings (SSSR count). The Morgan fingerprint density at radius 3 is 2.76 bits per heavy atom. The monoisotopic (exact) mass is 299 g/mol. The van der Waals surface area contributed by atoms with E-state index >= 15 is 0 Å². The van der Waals surface area contributed by atoms with Gasteiger partial charge in [-0.3, -0.25) is 4.90 Å². The van der Waals surface area contributed by atoms with Crippen LogP contribution in [0.5, 0.6) is 5.75 Å². The van der Waals surface area contributed by atoms with Gasteiger partial charge in [-0.15, -0.1) is 0 Å². The van der Waals surface area contributed by atoms with E-state index in [0.29, 0.717) is 0 Å². The zero-order valence-electron chi connectivity index (χ0n) is 10.0. The standard InChI is InChI=1S/C13H18BrNO2/c1-17-13-3-2-11(14)8-10(13)9-15-6-4-12(16)5-7-15/h2-3,8,12,16H,4-7,9H2,1H3. The number of halogens is 1. The number of ether oxygens (including phenoxy) is 1. The number of methoxy groups -OCH3 is 1.